The maximum atomic E-state index is 0. The molecule has 0 radical (unpaired) electrons. The molecular formula is H18BaO9+2. The van der Waals surface area contributed by atoms with Crippen molar-refractivity contribution < 1.29 is 49.3 Å². The van der Waals surface area contributed by atoms with Crippen LogP contribution < -0.4 is 0 Å². The van der Waals surface area contributed by atoms with E-state index in [1.54, 1.807) is 0 Å². The topological polar surface area (TPSA) is 284 Å². The fraction of sp³-hybridized carbons (Fsp3) is 0. The molecule has 72 valence electrons. The van der Waals surface area contributed by atoms with E-state index in [0.717, 1.165) is 0 Å². The molecule has 0 heterocycles. The fourth-order valence-corrected chi connectivity index (χ4v) is 0. The zero-order valence-electron chi connectivity index (χ0n) is 5.21. The molecule has 0 amide bonds. The first-order chi connectivity index (χ1) is 0. The Balaban J connectivity index is 0. The maximum Gasteiger partial charge on any atom is 2.00 e. The van der Waals surface area contributed by atoms with Crippen molar-refractivity contribution in [2.75, 3.05) is 0 Å². The summed E-state index contributed by atoms with van der Waals surface area (Å²) in [7, 11) is 0. The van der Waals surface area contributed by atoms with Crippen molar-refractivity contribution in [3.8, 4) is 0 Å². The molecule has 0 unspecified atom stereocenters. The molecule has 10 heavy (non-hydrogen) atoms. The molecule has 0 aromatic rings. The van der Waals surface area contributed by atoms with Crippen molar-refractivity contribution in [2.45, 2.75) is 0 Å². The number of hydrogen-bond donors (Lipinski definition) is 0. The van der Waals surface area contributed by atoms with Crippen molar-refractivity contribution >= 4 is 48.9 Å². The summed E-state index contributed by atoms with van der Waals surface area (Å²) >= 11 is 0. The zero-order valence-corrected chi connectivity index (χ0v) is 9.65. The second-order valence-electron chi connectivity index (χ2n) is 0. The molecule has 0 saturated heterocycles. The van der Waals surface area contributed by atoms with Gasteiger partial charge in [0.25, 0.3) is 0 Å². The van der Waals surface area contributed by atoms with Gasteiger partial charge in [-0.25, -0.2) is 0 Å². The van der Waals surface area contributed by atoms with Crippen LogP contribution in [0.25, 0.3) is 0 Å². The molecule has 0 atom stereocenters. The molecule has 0 aromatic carbocycles. The zero-order chi connectivity index (χ0) is 0. The van der Waals surface area contributed by atoms with E-state index in [1.807, 2.05) is 0 Å². The van der Waals surface area contributed by atoms with Gasteiger partial charge < -0.3 is 49.3 Å². The Labute approximate surface area is 97.3 Å². The van der Waals surface area contributed by atoms with Gasteiger partial charge in [0.1, 0.15) is 0 Å². The van der Waals surface area contributed by atoms with Gasteiger partial charge in [0.2, 0.25) is 0 Å². The monoisotopic (exact) mass is 300 g/mol. The molecule has 9 nitrogen and oxygen atoms in total. The smallest absolute Gasteiger partial charge is 0.412 e. The van der Waals surface area contributed by atoms with Crippen molar-refractivity contribution in [1.82, 2.24) is 0 Å². The van der Waals surface area contributed by atoms with E-state index in [-0.39, 0.29) is 98.2 Å². The molecule has 0 saturated carbocycles. The Kier molecular flexibility index (Phi) is 47000. The third-order valence-corrected chi connectivity index (χ3v) is 0. The van der Waals surface area contributed by atoms with E-state index in [9.17, 15) is 0 Å². The average Bonchev–Trinajstić information content (AvgIpc) is 0. The summed E-state index contributed by atoms with van der Waals surface area (Å²) in [6.45, 7) is 0. The molecule has 18 N–H and O–H groups in total. The largest absolute Gasteiger partial charge is 2.00 e. The standard InChI is InChI=1S/Ba.9H2O/h;9*1H2/q+2;;;;;;;;;. The summed E-state index contributed by atoms with van der Waals surface area (Å²) in [4.78, 5) is 0. The van der Waals surface area contributed by atoms with E-state index >= 15 is 0 Å². The normalized spacial score (nSPS) is 0. The van der Waals surface area contributed by atoms with E-state index in [4.69, 9.17) is 0 Å². The molecule has 0 aromatic heterocycles. The average molecular weight is 299 g/mol. The van der Waals surface area contributed by atoms with Crippen molar-refractivity contribution in [1.29, 1.82) is 0 Å². The van der Waals surface area contributed by atoms with Crippen LogP contribution >= 0.6 is 0 Å². The first-order valence-corrected chi connectivity index (χ1v) is 0. The first kappa shape index (κ1) is 797. The van der Waals surface area contributed by atoms with Crippen LogP contribution in [0.15, 0.2) is 0 Å². The van der Waals surface area contributed by atoms with Gasteiger partial charge in [-0.15, -0.1) is 0 Å². The summed E-state index contributed by atoms with van der Waals surface area (Å²) < 4.78 is 0. The van der Waals surface area contributed by atoms with Gasteiger partial charge >= 0.3 is 48.9 Å². The molecule has 0 aliphatic rings. The van der Waals surface area contributed by atoms with Gasteiger partial charge in [-0.1, -0.05) is 0 Å². The molecular weight excluding hydrogens is 281 g/mol. The molecule has 0 aliphatic carbocycles. The Hall–Kier alpha value is 1.21. The SMILES string of the molecule is O.O.O.O.O.O.O.O.O.[Ba+2]. The van der Waals surface area contributed by atoms with Crippen molar-refractivity contribution in [2.24, 2.45) is 0 Å². The van der Waals surface area contributed by atoms with E-state index < -0.39 is 0 Å². The number of hydrogen-bond acceptors (Lipinski definition) is 0. The third kappa shape index (κ3) is 423. The molecule has 0 spiro atoms. The second kappa shape index (κ2) is 590. The van der Waals surface area contributed by atoms with Crippen molar-refractivity contribution in [3.63, 3.8) is 0 Å². The van der Waals surface area contributed by atoms with Crippen LogP contribution in [-0.2, 0) is 0 Å². The fourth-order valence-electron chi connectivity index (χ4n) is 0. The van der Waals surface area contributed by atoms with Crippen LogP contribution in [0.4, 0.5) is 0 Å². The summed E-state index contributed by atoms with van der Waals surface area (Å²) in [6.07, 6.45) is 0. The van der Waals surface area contributed by atoms with Crippen LogP contribution in [0.3, 0.4) is 0 Å². The Morgan fingerprint density at radius 1 is 0.200 bits per heavy atom. The Morgan fingerprint density at radius 2 is 0.200 bits per heavy atom. The molecule has 0 aliphatic heterocycles. The van der Waals surface area contributed by atoms with Crippen LogP contribution in [0.1, 0.15) is 0 Å². The number of rotatable bonds is 0. The Morgan fingerprint density at radius 3 is 0.200 bits per heavy atom. The summed E-state index contributed by atoms with van der Waals surface area (Å²) in [5.74, 6) is 0. The van der Waals surface area contributed by atoms with Gasteiger partial charge in [-0.05, 0) is 0 Å². The predicted octanol–water partition coefficient (Wildman–Crippen LogP) is -7.80. The van der Waals surface area contributed by atoms with Crippen molar-refractivity contribution in [3.05, 3.63) is 0 Å². The summed E-state index contributed by atoms with van der Waals surface area (Å²) in [6, 6.07) is 0. The molecule has 0 fully saturated rings. The van der Waals surface area contributed by atoms with E-state index in [1.165, 1.54) is 0 Å². The first-order valence-electron chi connectivity index (χ1n) is 0. The second-order valence-corrected chi connectivity index (χ2v) is 0. The van der Waals surface area contributed by atoms with Crippen LogP contribution in [0.2, 0.25) is 0 Å². The van der Waals surface area contributed by atoms with Crippen LogP contribution in [0, 0.1) is 0 Å². The van der Waals surface area contributed by atoms with Gasteiger partial charge in [-0.2, -0.15) is 0 Å². The molecule has 0 rings (SSSR count). The van der Waals surface area contributed by atoms with E-state index in [0.29, 0.717) is 0 Å². The minimum absolute atomic E-state index is 0. The summed E-state index contributed by atoms with van der Waals surface area (Å²) in [5, 5.41) is 0. The Bertz CT molecular complexity index is 4.69. The minimum atomic E-state index is 0. The van der Waals surface area contributed by atoms with Crippen LogP contribution in [-0.4, -0.2) is 98.2 Å². The van der Waals surface area contributed by atoms with Gasteiger partial charge in [-0.3, -0.25) is 0 Å². The maximum absolute atomic E-state index is 0. The van der Waals surface area contributed by atoms with Crippen LogP contribution in [0.5, 0.6) is 0 Å². The quantitative estimate of drug-likeness (QED) is 0.376. The molecule has 10 heteroatoms. The molecule has 0 bridgehead atoms. The van der Waals surface area contributed by atoms with Gasteiger partial charge in [0, 0.05) is 0 Å². The summed E-state index contributed by atoms with van der Waals surface area (Å²) in [5.41, 5.74) is 0. The minimum Gasteiger partial charge on any atom is -0.412 e. The van der Waals surface area contributed by atoms with Gasteiger partial charge in [0.15, 0.2) is 0 Å². The third-order valence-electron chi connectivity index (χ3n) is 0. The van der Waals surface area contributed by atoms with E-state index in [2.05, 4.69) is 0 Å². The van der Waals surface area contributed by atoms with Gasteiger partial charge in [0.05, 0.1) is 0 Å². The predicted molar refractivity (Wildman–Crippen MR) is 38.3 cm³/mol.